The molecule has 5 heteroatoms. The van der Waals surface area contributed by atoms with Crippen LogP contribution in [-0.4, -0.2) is 37.2 Å². The monoisotopic (exact) mass is 266 g/mol. The zero-order valence-corrected chi connectivity index (χ0v) is 11.7. The molecule has 0 heterocycles. The summed E-state index contributed by atoms with van der Waals surface area (Å²) >= 11 is 0. The van der Waals surface area contributed by atoms with Crippen molar-refractivity contribution in [1.82, 2.24) is 4.90 Å². The third kappa shape index (κ3) is 4.89. The zero-order chi connectivity index (χ0) is 14.4. The number of carboxylic acid groups (broad SMARTS) is 1. The van der Waals surface area contributed by atoms with Gasteiger partial charge >= 0.3 is 5.97 Å². The van der Waals surface area contributed by atoms with E-state index >= 15 is 0 Å². The van der Waals surface area contributed by atoms with Crippen molar-refractivity contribution < 1.29 is 14.6 Å². The maximum Gasteiger partial charge on any atom is 0.303 e. The predicted molar refractivity (Wildman–Crippen MR) is 74.2 cm³/mol. The maximum absolute atomic E-state index is 10.6. The maximum atomic E-state index is 10.6. The van der Waals surface area contributed by atoms with E-state index in [0.29, 0.717) is 12.2 Å². The third-order valence-electron chi connectivity index (χ3n) is 2.86. The van der Waals surface area contributed by atoms with Gasteiger partial charge in [-0.05, 0) is 38.2 Å². The molecule has 1 unspecified atom stereocenters. The fourth-order valence-electron chi connectivity index (χ4n) is 1.97. The smallest absolute Gasteiger partial charge is 0.303 e. The highest BCUT2D eigenvalue weighted by Gasteiger charge is 2.14. The number of carboxylic acids is 1. The molecule has 106 valence electrons. The lowest BCUT2D eigenvalue weighted by molar-refractivity contribution is -0.137. The van der Waals surface area contributed by atoms with E-state index in [2.05, 4.69) is 4.90 Å². The Morgan fingerprint density at radius 1 is 1.47 bits per heavy atom. The second-order valence-electron chi connectivity index (χ2n) is 4.85. The molecular weight excluding hydrogens is 244 g/mol. The van der Waals surface area contributed by atoms with Crippen LogP contribution >= 0.6 is 0 Å². The number of ether oxygens (including phenoxy) is 1. The first kappa shape index (κ1) is 15.5. The number of hydrogen-bond acceptors (Lipinski definition) is 4. The molecule has 5 nitrogen and oxygen atoms in total. The average Bonchev–Trinajstić information content (AvgIpc) is 2.35. The Bertz CT molecular complexity index is 433. The third-order valence-corrected chi connectivity index (χ3v) is 2.86. The Balaban J connectivity index is 2.91. The molecule has 0 bridgehead atoms. The molecule has 0 amide bonds. The highest BCUT2D eigenvalue weighted by atomic mass is 16.5. The zero-order valence-electron chi connectivity index (χ0n) is 11.7. The summed E-state index contributed by atoms with van der Waals surface area (Å²) in [7, 11) is 5.58. The normalized spacial score (nSPS) is 12.5. The van der Waals surface area contributed by atoms with E-state index in [1.165, 1.54) is 0 Å². The molecule has 0 aromatic heterocycles. The van der Waals surface area contributed by atoms with E-state index in [9.17, 15) is 4.79 Å². The summed E-state index contributed by atoms with van der Waals surface area (Å²) in [5.41, 5.74) is 8.06. The minimum atomic E-state index is -0.834. The number of nitrogens with two attached hydrogens (primary N) is 1. The molecule has 3 N–H and O–H groups in total. The van der Waals surface area contributed by atoms with E-state index in [1.54, 1.807) is 7.11 Å². The lowest BCUT2D eigenvalue weighted by atomic mass is 9.99. The first-order valence-electron chi connectivity index (χ1n) is 6.23. The Hall–Kier alpha value is -1.59. The van der Waals surface area contributed by atoms with Crippen molar-refractivity contribution in [2.75, 3.05) is 21.2 Å². The Morgan fingerprint density at radius 3 is 2.68 bits per heavy atom. The number of aliphatic carboxylic acids is 1. The van der Waals surface area contributed by atoms with Crippen molar-refractivity contribution in [3.63, 3.8) is 0 Å². The second kappa shape index (κ2) is 7.11. The first-order valence-corrected chi connectivity index (χ1v) is 6.23. The molecule has 1 aromatic carbocycles. The summed E-state index contributed by atoms with van der Waals surface area (Å²) in [6, 6.07) is 5.54. The van der Waals surface area contributed by atoms with Gasteiger partial charge in [-0.2, -0.15) is 0 Å². The SMILES string of the molecule is COc1ccc(CN(C)C)cc1C(N)CCC(=O)O. The molecular formula is C14H22N2O3. The molecule has 1 rings (SSSR count). The summed E-state index contributed by atoms with van der Waals surface area (Å²) in [4.78, 5) is 12.7. The van der Waals surface area contributed by atoms with Crippen molar-refractivity contribution in [3.05, 3.63) is 29.3 Å². The van der Waals surface area contributed by atoms with Crippen LogP contribution in [0.4, 0.5) is 0 Å². The van der Waals surface area contributed by atoms with Crippen LogP contribution < -0.4 is 10.5 Å². The fourth-order valence-corrected chi connectivity index (χ4v) is 1.97. The predicted octanol–water partition coefficient (Wildman–Crippen LogP) is 1.62. The van der Waals surface area contributed by atoms with Crippen LogP contribution in [0.3, 0.4) is 0 Å². The van der Waals surface area contributed by atoms with Crippen LogP contribution in [0.2, 0.25) is 0 Å². The molecule has 0 aliphatic rings. The Kier molecular flexibility index (Phi) is 5.79. The van der Waals surface area contributed by atoms with Gasteiger partial charge in [-0.25, -0.2) is 0 Å². The molecule has 0 fully saturated rings. The molecule has 0 saturated heterocycles. The van der Waals surface area contributed by atoms with Crippen LogP contribution in [0, 0.1) is 0 Å². The van der Waals surface area contributed by atoms with Gasteiger partial charge in [0.2, 0.25) is 0 Å². The Labute approximate surface area is 114 Å². The highest BCUT2D eigenvalue weighted by molar-refractivity contribution is 5.66. The number of hydrogen-bond donors (Lipinski definition) is 2. The molecule has 19 heavy (non-hydrogen) atoms. The summed E-state index contributed by atoms with van der Waals surface area (Å²) in [5, 5.41) is 8.72. The van der Waals surface area contributed by atoms with Crippen molar-refractivity contribution in [3.8, 4) is 5.75 Å². The van der Waals surface area contributed by atoms with E-state index < -0.39 is 5.97 Å². The number of benzene rings is 1. The van der Waals surface area contributed by atoms with Crippen LogP contribution in [0.25, 0.3) is 0 Å². The minimum Gasteiger partial charge on any atom is -0.496 e. The summed E-state index contributed by atoms with van der Waals surface area (Å²) in [6.07, 6.45) is 0.458. The average molecular weight is 266 g/mol. The lowest BCUT2D eigenvalue weighted by Crippen LogP contribution is -2.15. The number of nitrogens with zero attached hydrogens (tertiary/aromatic N) is 1. The molecule has 0 radical (unpaired) electrons. The second-order valence-corrected chi connectivity index (χ2v) is 4.85. The molecule has 1 aromatic rings. The molecule has 0 spiro atoms. The minimum absolute atomic E-state index is 0.0578. The van der Waals surface area contributed by atoms with Gasteiger partial charge in [0.1, 0.15) is 5.75 Å². The molecule has 1 atom stereocenters. The largest absolute Gasteiger partial charge is 0.496 e. The van der Waals surface area contributed by atoms with E-state index in [4.69, 9.17) is 15.6 Å². The van der Waals surface area contributed by atoms with E-state index in [1.807, 2.05) is 32.3 Å². The molecule has 0 saturated carbocycles. The topological polar surface area (TPSA) is 75.8 Å². The first-order chi connectivity index (χ1) is 8.93. The van der Waals surface area contributed by atoms with Gasteiger partial charge in [0.05, 0.1) is 7.11 Å². The van der Waals surface area contributed by atoms with E-state index in [-0.39, 0.29) is 12.5 Å². The van der Waals surface area contributed by atoms with Gasteiger partial charge in [0, 0.05) is 24.6 Å². The lowest BCUT2D eigenvalue weighted by Gasteiger charge is -2.18. The van der Waals surface area contributed by atoms with Crippen LogP contribution in [0.15, 0.2) is 18.2 Å². The number of methoxy groups -OCH3 is 1. The van der Waals surface area contributed by atoms with Crippen molar-refractivity contribution in [2.24, 2.45) is 5.73 Å². The van der Waals surface area contributed by atoms with Crippen LogP contribution in [0.1, 0.15) is 30.0 Å². The van der Waals surface area contributed by atoms with Crippen molar-refractivity contribution >= 4 is 5.97 Å². The van der Waals surface area contributed by atoms with Gasteiger partial charge < -0.3 is 20.5 Å². The number of rotatable bonds is 7. The van der Waals surface area contributed by atoms with Gasteiger partial charge in [-0.1, -0.05) is 6.07 Å². The van der Waals surface area contributed by atoms with Gasteiger partial charge in [-0.15, -0.1) is 0 Å². The quantitative estimate of drug-likeness (QED) is 0.784. The van der Waals surface area contributed by atoms with Gasteiger partial charge in [0.25, 0.3) is 0 Å². The van der Waals surface area contributed by atoms with Gasteiger partial charge in [-0.3, -0.25) is 4.79 Å². The van der Waals surface area contributed by atoms with Crippen molar-refractivity contribution in [2.45, 2.75) is 25.4 Å². The fraction of sp³-hybridized carbons (Fsp3) is 0.500. The standard InChI is InChI=1S/C14H22N2O3/c1-16(2)9-10-4-6-13(19-3)11(8-10)12(15)5-7-14(17)18/h4,6,8,12H,5,7,9,15H2,1-3H3,(H,17,18). The molecule has 0 aliphatic heterocycles. The summed E-state index contributed by atoms with van der Waals surface area (Å²) in [6.45, 7) is 0.808. The van der Waals surface area contributed by atoms with Gasteiger partial charge in [0.15, 0.2) is 0 Å². The molecule has 0 aliphatic carbocycles. The van der Waals surface area contributed by atoms with Crippen molar-refractivity contribution in [1.29, 1.82) is 0 Å². The van der Waals surface area contributed by atoms with Crippen LogP contribution in [-0.2, 0) is 11.3 Å². The summed E-state index contributed by atoms with van der Waals surface area (Å²) < 4.78 is 5.29. The van der Waals surface area contributed by atoms with Crippen LogP contribution in [0.5, 0.6) is 5.75 Å². The van der Waals surface area contributed by atoms with E-state index in [0.717, 1.165) is 17.7 Å². The number of carbonyl (C=O) groups is 1. The highest BCUT2D eigenvalue weighted by Crippen LogP contribution is 2.28. The Morgan fingerprint density at radius 2 is 2.16 bits per heavy atom. The summed E-state index contributed by atoms with van der Waals surface area (Å²) in [5.74, 6) is -0.126.